The number of nitrogens with zero attached hydrogens (tertiary/aromatic N) is 3. The highest BCUT2D eigenvalue weighted by molar-refractivity contribution is 7.15. The molecule has 0 N–H and O–H groups in total. The summed E-state index contributed by atoms with van der Waals surface area (Å²) < 4.78 is 24.1. The number of rotatable bonds is 4. The summed E-state index contributed by atoms with van der Waals surface area (Å²) in [4.78, 5) is 1.47. The van der Waals surface area contributed by atoms with Gasteiger partial charge in [-0.25, -0.2) is 8.78 Å². The normalized spacial score (nSPS) is 11.5. The van der Waals surface area contributed by atoms with E-state index in [1.165, 1.54) is 16.2 Å². The summed E-state index contributed by atoms with van der Waals surface area (Å²) in [6.45, 7) is 0.0892. The third-order valence-corrected chi connectivity index (χ3v) is 2.30. The van der Waals surface area contributed by atoms with E-state index >= 15 is 0 Å². The van der Waals surface area contributed by atoms with Crippen LogP contribution in [0.2, 0.25) is 4.47 Å². The molecule has 1 aromatic heterocycles. The van der Waals surface area contributed by atoms with Crippen molar-refractivity contribution in [1.82, 2.24) is 15.1 Å². The predicted molar refractivity (Wildman–Crippen MR) is 47.3 cm³/mol. The Morgan fingerprint density at radius 3 is 2.69 bits per heavy atom. The number of halogens is 3. The van der Waals surface area contributed by atoms with Gasteiger partial charge in [0.2, 0.25) is 4.47 Å². The van der Waals surface area contributed by atoms with Gasteiger partial charge in [-0.05, 0) is 18.6 Å². The second-order valence-corrected chi connectivity index (χ2v) is 4.18. The molecule has 0 fully saturated rings. The van der Waals surface area contributed by atoms with Gasteiger partial charge in [-0.15, -0.1) is 10.2 Å². The molecule has 0 saturated heterocycles. The molecule has 74 valence electrons. The van der Waals surface area contributed by atoms with Crippen molar-refractivity contribution in [2.45, 2.75) is 13.0 Å². The molecule has 0 aliphatic rings. The summed E-state index contributed by atoms with van der Waals surface area (Å²) in [5, 5.41) is 7.93. The first kappa shape index (κ1) is 10.7. The van der Waals surface area contributed by atoms with Crippen LogP contribution >= 0.6 is 22.9 Å². The molecule has 0 aromatic carbocycles. The van der Waals surface area contributed by atoms with Gasteiger partial charge >= 0.3 is 0 Å². The van der Waals surface area contributed by atoms with Crippen LogP contribution in [0.3, 0.4) is 0 Å². The predicted octanol–water partition coefficient (Wildman–Crippen LogP) is 1.89. The van der Waals surface area contributed by atoms with Crippen LogP contribution in [0.1, 0.15) is 5.01 Å². The third kappa shape index (κ3) is 3.93. The van der Waals surface area contributed by atoms with E-state index < -0.39 is 6.43 Å². The molecule has 1 heterocycles. The molecule has 0 radical (unpaired) electrons. The summed E-state index contributed by atoms with van der Waals surface area (Å²) in [7, 11) is 1.60. The standard InChI is InChI=1S/C6H8ClF2N3S/c1-12(2-4(8)9)3-5-10-11-6(7)13-5/h4H,2-3H2,1H3. The molecule has 0 unspecified atom stereocenters. The van der Waals surface area contributed by atoms with E-state index in [1.54, 1.807) is 7.05 Å². The fourth-order valence-corrected chi connectivity index (χ4v) is 1.78. The SMILES string of the molecule is CN(Cc1nnc(Cl)s1)CC(F)F. The maximum Gasteiger partial charge on any atom is 0.251 e. The Hall–Kier alpha value is -0.330. The van der Waals surface area contributed by atoms with E-state index in [1.807, 2.05) is 0 Å². The average molecular weight is 228 g/mol. The lowest BCUT2D eigenvalue weighted by Gasteiger charge is -2.12. The van der Waals surface area contributed by atoms with Gasteiger partial charge in [0.05, 0.1) is 13.1 Å². The molecule has 0 aliphatic heterocycles. The monoisotopic (exact) mass is 227 g/mol. The summed E-state index contributed by atoms with van der Waals surface area (Å²) in [6.07, 6.45) is -2.33. The van der Waals surface area contributed by atoms with E-state index in [-0.39, 0.29) is 6.54 Å². The molecule has 0 atom stereocenters. The van der Waals surface area contributed by atoms with E-state index in [2.05, 4.69) is 10.2 Å². The maximum atomic E-state index is 11.9. The van der Waals surface area contributed by atoms with Crippen molar-refractivity contribution in [3.8, 4) is 0 Å². The van der Waals surface area contributed by atoms with Crippen LogP contribution in [0.4, 0.5) is 8.78 Å². The fourth-order valence-electron chi connectivity index (χ4n) is 0.828. The van der Waals surface area contributed by atoms with Crippen LogP contribution in [0.25, 0.3) is 0 Å². The minimum Gasteiger partial charge on any atom is -0.294 e. The van der Waals surface area contributed by atoms with Crippen molar-refractivity contribution in [1.29, 1.82) is 0 Å². The van der Waals surface area contributed by atoms with Gasteiger partial charge in [0.25, 0.3) is 6.43 Å². The molecule has 1 aromatic rings. The largest absolute Gasteiger partial charge is 0.294 e. The van der Waals surface area contributed by atoms with Crippen LogP contribution in [-0.2, 0) is 6.54 Å². The zero-order chi connectivity index (χ0) is 9.84. The van der Waals surface area contributed by atoms with Crippen LogP contribution in [-0.4, -0.2) is 35.1 Å². The maximum absolute atomic E-state index is 11.9. The lowest BCUT2D eigenvalue weighted by Crippen LogP contribution is -2.23. The number of alkyl halides is 2. The number of hydrogen-bond acceptors (Lipinski definition) is 4. The highest BCUT2D eigenvalue weighted by atomic mass is 35.5. The Kier molecular flexibility index (Phi) is 3.95. The van der Waals surface area contributed by atoms with E-state index in [9.17, 15) is 8.78 Å². The first-order chi connectivity index (χ1) is 6.08. The van der Waals surface area contributed by atoms with Crippen molar-refractivity contribution in [3.63, 3.8) is 0 Å². The van der Waals surface area contributed by atoms with Gasteiger partial charge in [-0.3, -0.25) is 4.90 Å². The molecule has 3 nitrogen and oxygen atoms in total. The van der Waals surface area contributed by atoms with Crippen molar-refractivity contribution >= 4 is 22.9 Å². The molecule has 0 bridgehead atoms. The zero-order valence-electron chi connectivity index (χ0n) is 6.88. The molecular weight excluding hydrogens is 220 g/mol. The topological polar surface area (TPSA) is 29.0 Å². The van der Waals surface area contributed by atoms with E-state index in [0.29, 0.717) is 16.0 Å². The van der Waals surface area contributed by atoms with E-state index in [4.69, 9.17) is 11.6 Å². The lowest BCUT2D eigenvalue weighted by atomic mass is 10.5. The van der Waals surface area contributed by atoms with Gasteiger partial charge in [0.1, 0.15) is 5.01 Å². The smallest absolute Gasteiger partial charge is 0.251 e. The molecular formula is C6H8ClF2N3S. The Bertz CT molecular complexity index is 268. The average Bonchev–Trinajstić information content (AvgIpc) is 2.33. The summed E-state index contributed by atoms with van der Waals surface area (Å²) in [6, 6.07) is 0. The second kappa shape index (κ2) is 4.78. The van der Waals surface area contributed by atoms with Crippen LogP contribution in [0.15, 0.2) is 0 Å². The van der Waals surface area contributed by atoms with Crippen molar-refractivity contribution in [2.75, 3.05) is 13.6 Å². The number of hydrogen-bond donors (Lipinski definition) is 0. The quantitative estimate of drug-likeness (QED) is 0.787. The highest BCUT2D eigenvalue weighted by Gasteiger charge is 2.10. The Balaban J connectivity index is 2.40. The summed E-state index contributed by atoms with van der Waals surface area (Å²) in [5.41, 5.74) is 0. The van der Waals surface area contributed by atoms with E-state index in [0.717, 1.165) is 0 Å². The molecule has 1 rings (SSSR count). The summed E-state index contributed by atoms with van der Waals surface area (Å²) in [5.74, 6) is 0. The molecule has 0 saturated carbocycles. The van der Waals surface area contributed by atoms with Crippen LogP contribution in [0, 0.1) is 0 Å². The van der Waals surface area contributed by atoms with Gasteiger partial charge in [0.15, 0.2) is 0 Å². The first-order valence-electron chi connectivity index (χ1n) is 3.52. The Labute approximate surface area is 83.3 Å². The second-order valence-electron chi connectivity index (χ2n) is 2.54. The van der Waals surface area contributed by atoms with Crippen molar-refractivity contribution in [3.05, 3.63) is 9.47 Å². The van der Waals surface area contributed by atoms with Gasteiger partial charge < -0.3 is 0 Å². The Morgan fingerprint density at radius 1 is 1.54 bits per heavy atom. The molecule has 0 amide bonds. The Morgan fingerprint density at radius 2 is 2.23 bits per heavy atom. The molecule has 7 heteroatoms. The zero-order valence-corrected chi connectivity index (χ0v) is 8.45. The lowest BCUT2D eigenvalue weighted by molar-refractivity contribution is 0.0974. The first-order valence-corrected chi connectivity index (χ1v) is 4.72. The van der Waals surface area contributed by atoms with Gasteiger partial charge in [-0.2, -0.15) is 0 Å². The number of aromatic nitrogens is 2. The summed E-state index contributed by atoms with van der Waals surface area (Å²) >= 11 is 6.73. The minimum absolute atomic E-state index is 0.267. The fraction of sp³-hybridized carbons (Fsp3) is 0.667. The third-order valence-electron chi connectivity index (χ3n) is 1.30. The van der Waals surface area contributed by atoms with Crippen LogP contribution < -0.4 is 0 Å². The molecule has 13 heavy (non-hydrogen) atoms. The molecule has 0 aliphatic carbocycles. The minimum atomic E-state index is -2.33. The van der Waals surface area contributed by atoms with Crippen LogP contribution in [0.5, 0.6) is 0 Å². The van der Waals surface area contributed by atoms with Gasteiger partial charge in [-0.1, -0.05) is 11.3 Å². The van der Waals surface area contributed by atoms with Crippen molar-refractivity contribution < 1.29 is 8.78 Å². The highest BCUT2D eigenvalue weighted by Crippen LogP contribution is 2.16. The molecule has 0 spiro atoms. The van der Waals surface area contributed by atoms with Crippen molar-refractivity contribution in [2.24, 2.45) is 0 Å². The van der Waals surface area contributed by atoms with Gasteiger partial charge in [0, 0.05) is 0 Å².